The van der Waals surface area contributed by atoms with Gasteiger partial charge in [0.1, 0.15) is 11.5 Å². The molecule has 6 nitrogen and oxygen atoms in total. The minimum Gasteiger partial charge on any atom is -0.469 e. The quantitative estimate of drug-likeness (QED) is 0.240. The number of hydrogen-bond donors (Lipinski definition) is 0. The summed E-state index contributed by atoms with van der Waals surface area (Å²) in [6, 6.07) is 22.2. The number of carbonyl (C=O) groups excluding carboxylic acids is 1. The van der Waals surface area contributed by atoms with Crippen LogP contribution in [0.3, 0.4) is 0 Å². The molecule has 164 valence electrons. The minimum atomic E-state index is -3.66. The number of esters is 1. The van der Waals surface area contributed by atoms with Gasteiger partial charge in [0.15, 0.2) is 9.84 Å². The summed E-state index contributed by atoms with van der Waals surface area (Å²) >= 11 is 4.57. The number of benzene rings is 3. The van der Waals surface area contributed by atoms with Crippen LogP contribution >= 0.6 is 12.2 Å². The number of hydrogen-bond acceptors (Lipinski definition) is 7. The van der Waals surface area contributed by atoms with E-state index in [1.165, 1.54) is 19.2 Å². The predicted octanol–water partition coefficient (Wildman–Crippen LogP) is 5.33. The molecule has 32 heavy (non-hydrogen) atoms. The molecule has 0 aromatic heterocycles. The van der Waals surface area contributed by atoms with Crippen molar-refractivity contribution in [2.24, 2.45) is 4.99 Å². The molecule has 0 radical (unpaired) electrons. The van der Waals surface area contributed by atoms with Crippen molar-refractivity contribution in [3.63, 3.8) is 0 Å². The molecule has 0 saturated carbocycles. The van der Waals surface area contributed by atoms with Crippen molar-refractivity contribution in [1.29, 1.82) is 0 Å². The maximum Gasteiger partial charge on any atom is 0.306 e. The van der Waals surface area contributed by atoms with Crippen molar-refractivity contribution in [1.82, 2.24) is 0 Å². The Bertz CT molecular complexity index is 1200. The van der Waals surface area contributed by atoms with Gasteiger partial charge in [0.2, 0.25) is 0 Å². The Labute approximate surface area is 192 Å². The van der Waals surface area contributed by atoms with Crippen LogP contribution in [0.15, 0.2) is 88.8 Å². The van der Waals surface area contributed by atoms with Gasteiger partial charge in [-0.15, -0.1) is 0 Å². The van der Waals surface area contributed by atoms with Gasteiger partial charge in [0, 0.05) is 5.92 Å². The first-order chi connectivity index (χ1) is 15.4. The van der Waals surface area contributed by atoms with Gasteiger partial charge in [-0.1, -0.05) is 30.3 Å². The molecule has 0 aliphatic heterocycles. The van der Waals surface area contributed by atoms with Crippen molar-refractivity contribution in [2.75, 3.05) is 12.9 Å². The summed E-state index contributed by atoms with van der Waals surface area (Å²) in [5.74, 6) is -0.123. The zero-order valence-electron chi connectivity index (χ0n) is 17.3. The van der Waals surface area contributed by atoms with Gasteiger partial charge in [-0.3, -0.25) is 4.79 Å². The van der Waals surface area contributed by atoms with Crippen LogP contribution in [-0.4, -0.2) is 32.4 Å². The van der Waals surface area contributed by atoms with Gasteiger partial charge in [0.25, 0.3) is 0 Å². The van der Waals surface area contributed by atoms with Crippen LogP contribution in [0.25, 0.3) is 0 Å². The Morgan fingerprint density at radius 2 is 1.56 bits per heavy atom. The van der Waals surface area contributed by atoms with E-state index in [0.717, 1.165) is 5.56 Å². The summed E-state index contributed by atoms with van der Waals surface area (Å²) in [5, 5.41) is 2.30. The first kappa shape index (κ1) is 23.3. The fraction of sp³-hybridized carbons (Fsp3) is 0.167. The van der Waals surface area contributed by atoms with Crippen molar-refractivity contribution in [3.8, 4) is 11.5 Å². The molecule has 8 heteroatoms. The van der Waals surface area contributed by atoms with Gasteiger partial charge in [-0.2, -0.15) is 4.99 Å². The van der Waals surface area contributed by atoms with Crippen LogP contribution in [0, 0.1) is 0 Å². The van der Waals surface area contributed by atoms with E-state index in [4.69, 9.17) is 9.47 Å². The highest BCUT2D eigenvalue weighted by Gasteiger charge is 2.25. The Kier molecular flexibility index (Phi) is 7.89. The van der Waals surface area contributed by atoms with Crippen LogP contribution in [0.1, 0.15) is 17.9 Å². The van der Waals surface area contributed by atoms with Crippen molar-refractivity contribution >= 4 is 38.9 Å². The average molecular weight is 468 g/mol. The lowest BCUT2D eigenvalue weighted by molar-refractivity contribution is -0.140. The average Bonchev–Trinajstić information content (AvgIpc) is 2.81. The van der Waals surface area contributed by atoms with E-state index in [2.05, 4.69) is 22.4 Å². The maximum absolute atomic E-state index is 13.0. The molecule has 3 rings (SSSR count). The van der Waals surface area contributed by atoms with E-state index < -0.39 is 21.7 Å². The monoisotopic (exact) mass is 467 g/mol. The summed E-state index contributed by atoms with van der Waals surface area (Å²) < 4.78 is 36.6. The number of sulfone groups is 1. The SMILES string of the molecule is COC(=O)CC(CS(=O)(=O)c1ccc(Oc2ccc(N=C=S)cc2)cc1)c1ccccc1. The molecule has 0 aliphatic rings. The van der Waals surface area contributed by atoms with E-state index in [0.29, 0.717) is 17.2 Å². The third kappa shape index (κ3) is 6.34. The summed E-state index contributed by atoms with van der Waals surface area (Å²) in [6.07, 6.45) is -0.0236. The van der Waals surface area contributed by atoms with Crippen LogP contribution in [0.4, 0.5) is 5.69 Å². The van der Waals surface area contributed by atoms with Crippen molar-refractivity contribution in [3.05, 3.63) is 84.4 Å². The first-order valence-electron chi connectivity index (χ1n) is 9.71. The number of rotatable bonds is 9. The second-order valence-corrected chi connectivity index (χ2v) is 9.16. The molecule has 0 saturated heterocycles. The minimum absolute atomic E-state index is 0.0236. The van der Waals surface area contributed by atoms with Crippen molar-refractivity contribution in [2.45, 2.75) is 17.2 Å². The maximum atomic E-state index is 13.0. The molecule has 0 bridgehead atoms. The zero-order valence-corrected chi connectivity index (χ0v) is 18.9. The lowest BCUT2D eigenvalue weighted by atomic mass is 9.98. The lowest BCUT2D eigenvalue weighted by Gasteiger charge is -2.17. The highest BCUT2D eigenvalue weighted by atomic mass is 32.2. The van der Waals surface area contributed by atoms with Crippen LogP contribution in [-0.2, 0) is 19.4 Å². The van der Waals surface area contributed by atoms with Gasteiger partial charge in [0.05, 0.1) is 35.0 Å². The van der Waals surface area contributed by atoms with Crippen LogP contribution < -0.4 is 4.74 Å². The van der Waals surface area contributed by atoms with Gasteiger partial charge in [-0.05, 0) is 66.3 Å². The third-order valence-corrected chi connectivity index (χ3v) is 6.69. The van der Waals surface area contributed by atoms with Crippen LogP contribution in [0.5, 0.6) is 11.5 Å². The summed E-state index contributed by atoms with van der Waals surface area (Å²) in [4.78, 5) is 15.9. The number of carbonyl (C=O) groups is 1. The van der Waals surface area contributed by atoms with Gasteiger partial charge >= 0.3 is 5.97 Å². The fourth-order valence-electron chi connectivity index (χ4n) is 3.14. The molecule has 0 fully saturated rings. The molecule has 0 aliphatic carbocycles. The van der Waals surface area contributed by atoms with Crippen molar-refractivity contribution < 1.29 is 22.7 Å². The van der Waals surface area contributed by atoms with E-state index >= 15 is 0 Å². The Balaban J connectivity index is 1.75. The first-order valence-corrected chi connectivity index (χ1v) is 11.8. The largest absolute Gasteiger partial charge is 0.469 e. The molecule has 0 amide bonds. The fourth-order valence-corrected chi connectivity index (χ4v) is 4.82. The smallest absolute Gasteiger partial charge is 0.306 e. The molecule has 0 N–H and O–H groups in total. The standard InChI is InChI=1S/C24H21NO5S2/c1-29-24(26)15-19(18-5-3-2-4-6-18)16-32(27,28)23-13-11-22(12-14-23)30-21-9-7-20(8-10-21)25-17-31/h2-14,19H,15-16H2,1H3. The third-order valence-electron chi connectivity index (χ3n) is 4.76. The molecular weight excluding hydrogens is 446 g/mol. The second-order valence-electron chi connectivity index (χ2n) is 6.94. The molecule has 1 unspecified atom stereocenters. The molecular formula is C24H21NO5S2. The number of methoxy groups -OCH3 is 1. The Hall–Kier alpha value is -3.32. The number of thiocarbonyl (C=S) groups is 1. The van der Waals surface area contributed by atoms with E-state index in [1.807, 2.05) is 30.3 Å². The van der Waals surface area contributed by atoms with Gasteiger partial charge < -0.3 is 9.47 Å². The topological polar surface area (TPSA) is 82.0 Å². The number of isothiocyanates is 1. The van der Waals surface area contributed by atoms with E-state index in [-0.39, 0.29) is 17.1 Å². The Morgan fingerprint density at radius 3 is 2.12 bits per heavy atom. The molecule has 3 aromatic rings. The second kappa shape index (κ2) is 10.8. The summed E-state index contributed by atoms with van der Waals surface area (Å²) in [6.45, 7) is 0. The van der Waals surface area contributed by atoms with E-state index in [1.54, 1.807) is 36.4 Å². The normalized spacial score (nSPS) is 11.8. The van der Waals surface area contributed by atoms with Gasteiger partial charge in [-0.25, -0.2) is 8.42 Å². The summed E-state index contributed by atoms with van der Waals surface area (Å²) in [5.41, 5.74) is 1.43. The number of aliphatic imine (C=N–C) groups is 1. The van der Waals surface area contributed by atoms with E-state index in [9.17, 15) is 13.2 Å². The number of ether oxygens (including phenoxy) is 2. The predicted molar refractivity (Wildman–Crippen MR) is 126 cm³/mol. The lowest BCUT2D eigenvalue weighted by Crippen LogP contribution is -2.18. The molecule has 0 heterocycles. The molecule has 0 spiro atoms. The summed E-state index contributed by atoms with van der Waals surface area (Å²) in [7, 11) is -2.37. The van der Waals surface area contributed by atoms with Crippen LogP contribution in [0.2, 0.25) is 0 Å². The zero-order chi connectivity index (χ0) is 23.0. The highest BCUT2D eigenvalue weighted by molar-refractivity contribution is 7.91. The number of nitrogens with zero attached hydrogens (tertiary/aromatic N) is 1. The molecule has 3 aromatic carbocycles. The highest BCUT2D eigenvalue weighted by Crippen LogP contribution is 2.28. The molecule has 1 atom stereocenters. The Morgan fingerprint density at radius 1 is 0.969 bits per heavy atom.